The van der Waals surface area contributed by atoms with Crippen LogP contribution < -0.4 is 0 Å². The number of carbonyl (C=O) groups is 1. The summed E-state index contributed by atoms with van der Waals surface area (Å²) in [6.07, 6.45) is 8.91. The number of furan rings is 1. The second-order valence-electron chi connectivity index (χ2n) is 7.25. The number of nitrogens with zero attached hydrogens (tertiary/aromatic N) is 3. The number of aryl methyl sites for hydroxylation is 1. The molecule has 1 unspecified atom stereocenters. The van der Waals surface area contributed by atoms with Crippen molar-refractivity contribution in [3.05, 3.63) is 35.9 Å². The zero-order valence-corrected chi connectivity index (χ0v) is 14.9. The summed E-state index contributed by atoms with van der Waals surface area (Å²) in [6, 6.07) is 1.73. The summed E-state index contributed by atoms with van der Waals surface area (Å²) in [5.74, 6) is 2.41. The van der Waals surface area contributed by atoms with Gasteiger partial charge in [-0.3, -0.25) is 4.79 Å². The summed E-state index contributed by atoms with van der Waals surface area (Å²) in [4.78, 5) is 19.0. The van der Waals surface area contributed by atoms with Gasteiger partial charge in [0.2, 0.25) is 5.89 Å². The van der Waals surface area contributed by atoms with Gasteiger partial charge in [0.15, 0.2) is 5.82 Å². The van der Waals surface area contributed by atoms with Crippen LogP contribution in [0, 0.1) is 5.92 Å². The Morgan fingerprint density at radius 3 is 2.96 bits per heavy atom. The highest BCUT2D eigenvalue weighted by Gasteiger charge is 2.26. The Labute approximate surface area is 152 Å². The molecule has 0 bridgehead atoms. The third-order valence-electron chi connectivity index (χ3n) is 5.40. The third kappa shape index (κ3) is 3.98. The largest absolute Gasteiger partial charge is 0.472 e. The Bertz CT molecular complexity index is 706. The number of carbonyl (C=O) groups excluding carboxylic acids is 1. The molecule has 2 aromatic rings. The maximum Gasteiger partial charge on any atom is 0.257 e. The fourth-order valence-electron chi connectivity index (χ4n) is 3.87. The van der Waals surface area contributed by atoms with Gasteiger partial charge < -0.3 is 18.6 Å². The summed E-state index contributed by atoms with van der Waals surface area (Å²) in [5.41, 5.74) is 0.630. The zero-order chi connectivity index (χ0) is 17.8. The Balaban J connectivity index is 1.29. The van der Waals surface area contributed by atoms with Gasteiger partial charge in [-0.1, -0.05) is 5.16 Å². The summed E-state index contributed by atoms with van der Waals surface area (Å²) in [7, 11) is 0. The molecular formula is C19H25N3O4. The quantitative estimate of drug-likeness (QED) is 0.816. The van der Waals surface area contributed by atoms with E-state index in [-0.39, 0.29) is 5.91 Å². The van der Waals surface area contributed by atoms with E-state index in [4.69, 9.17) is 13.7 Å². The fourth-order valence-corrected chi connectivity index (χ4v) is 3.87. The van der Waals surface area contributed by atoms with Crippen molar-refractivity contribution in [3.63, 3.8) is 0 Å². The van der Waals surface area contributed by atoms with Crippen molar-refractivity contribution in [1.82, 2.24) is 15.0 Å². The molecular weight excluding hydrogens is 334 g/mol. The second-order valence-corrected chi connectivity index (χ2v) is 7.25. The lowest BCUT2D eigenvalue weighted by molar-refractivity contribution is 0.0667. The minimum atomic E-state index is 0.0600. The van der Waals surface area contributed by atoms with E-state index in [0.717, 1.165) is 76.5 Å². The third-order valence-corrected chi connectivity index (χ3v) is 5.40. The van der Waals surface area contributed by atoms with Crippen LogP contribution >= 0.6 is 0 Å². The molecule has 2 aromatic heterocycles. The van der Waals surface area contributed by atoms with E-state index >= 15 is 0 Å². The highest BCUT2D eigenvalue weighted by molar-refractivity contribution is 5.93. The molecule has 2 fully saturated rings. The van der Waals surface area contributed by atoms with Crippen LogP contribution in [0.4, 0.5) is 0 Å². The number of aromatic nitrogens is 2. The van der Waals surface area contributed by atoms with Gasteiger partial charge in [0.1, 0.15) is 6.26 Å². The molecule has 26 heavy (non-hydrogen) atoms. The Hall–Kier alpha value is -2.15. The molecule has 2 aliphatic heterocycles. The average Bonchev–Trinajstić information content (AvgIpc) is 3.39. The van der Waals surface area contributed by atoms with E-state index in [1.807, 2.05) is 4.90 Å². The van der Waals surface area contributed by atoms with Gasteiger partial charge in [-0.05, 0) is 44.1 Å². The number of piperidine rings is 1. The fraction of sp³-hybridized carbons (Fsp3) is 0.632. The molecule has 0 saturated carbocycles. The molecule has 1 amide bonds. The lowest BCUT2D eigenvalue weighted by Crippen LogP contribution is -2.39. The second kappa shape index (κ2) is 8.03. The van der Waals surface area contributed by atoms with Crippen molar-refractivity contribution in [1.29, 1.82) is 0 Å². The van der Waals surface area contributed by atoms with E-state index in [1.54, 1.807) is 12.3 Å². The number of likely N-dealkylation sites (tertiary alicyclic amines) is 1. The molecule has 2 saturated heterocycles. The topological polar surface area (TPSA) is 81.6 Å². The molecule has 0 N–H and O–H groups in total. The van der Waals surface area contributed by atoms with E-state index in [2.05, 4.69) is 10.1 Å². The lowest BCUT2D eigenvalue weighted by Gasteiger charge is -2.32. The van der Waals surface area contributed by atoms with Crippen LogP contribution in [0.1, 0.15) is 60.1 Å². The van der Waals surface area contributed by atoms with Crippen LogP contribution in [0.5, 0.6) is 0 Å². The predicted octanol–water partition coefficient (Wildman–Crippen LogP) is 3.04. The van der Waals surface area contributed by atoms with Crippen molar-refractivity contribution in [2.45, 2.75) is 44.4 Å². The van der Waals surface area contributed by atoms with Gasteiger partial charge in [0.05, 0.1) is 11.8 Å². The van der Waals surface area contributed by atoms with Gasteiger partial charge in [-0.25, -0.2) is 0 Å². The minimum absolute atomic E-state index is 0.0600. The number of hydrogen-bond acceptors (Lipinski definition) is 6. The summed E-state index contributed by atoms with van der Waals surface area (Å²) >= 11 is 0. The maximum atomic E-state index is 12.5. The van der Waals surface area contributed by atoms with Crippen molar-refractivity contribution >= 4 is 5.91 Å². The maximum absolute atomic E-state index is 12.5. The smallest absolute Gasteiger partial charge is 0.257 e. The van der Waals surface area contributed by atoms with Gasteiger partial charge in [-0.15, -0.1) is 0 Å². The first kappa shape index (κ1) is 17.3. The molecule has 0 spiro atoms. The van der Waals surface area contributed by atoms with Crippen molar-refractivity contribution in [3.8, 4) is 0 Å². The number of ether oxygens (including phenoxy) is 1. The number of hydrogen-bond donors (Lipinski definition) is 0. The molecule has 0 aromatic carbocycles. The first-order chi connectivity index (χ1) is 12.8. The monoisotopic (exact) mass is 359 g/mol. The van der Waals surface area contributed by atoms with Crippen molar-refractivity contribution in [2.24, 2.45) is 5.92 Å². The molecule has 4 heterocycles. The summed E-state index contributed by atoms with van der Waals surface area (Å²) < 4.78 is 15.9. The molecule has 7 heteroatoms. The normalized spacial score (nSPS) is 21.8. The summed E-state index contributed by atoms with van der Waals surface area (Å²) in [5, 5.41) is 4.15. The van der Waals surface area contributed by atoms with Crippen LogP contribution in [-0.2, 0) is 11.2 Å². The molecule has 1 atom stereocenters. The van der Waals surface area contributed by atoms with Crippen LogP contribution in [0.2, 0.25) is 0 Å². The first-order valence-corrected chi connectivity index (χ1v) is 9.51. The van der Waals surface area contributed by atoms with Crippen molar-refractivity contribution in [2.75, 3.05) is 26.3 Å². The lowest BCUT2D eigenvalue weighted by atomic mass is 9.93. The van der Waals surface area contributed by atoms with Crippen LogP contribution in [0.25, 0.3) is 0 Å². The van der Waals surface area contributed by atoms with Crippen LogP contribution in [-0.4, -0.2) is 47.3 Å². The van der Waals surface area contributed by atoms with Gasteiger partial charge >= 0.3 is 0 Å². The van der Waals surface area contributed by atoms with E-state index in [9.17, 15) is 4.79 Å². The average molecular weight is 359 g/mol. The highest BCUT2D eigenvalue weighted by atomic mass is 16.5. The van der Waals surface area contributed by atoms with Gasteiger partial charge in [0, 0.05) is 38.6 Å². The van der Waals surface area contributed by atoms with E-state index < -0.39 is 0 Å². The molecule has 0 aliphatic carbocycles. The highest BCUT2D eigenvalue weighted by Crippen LogP contribution is 2.26. The SMILES string of the molecule is O=C(c1ccoc1)N1CCCC(CCc2noc(C3CCOCC3)n2)C1. The minimum Gasteiger partial charge on any atom is -0.472 e. The Morgan fingerprint density at radius 1 is 1.27 bits per heavy atom. The molecule has 0 radical (unpaired) electrons. The summed E-state index contributed by atoms with van der Waals surface area (Å²) in [6.45, 7) is 3.14. The van der Waals surface area contributed by atoms with Gasteiger partial charge in [0.25, 0.3) is 5.91 Å². The van der Waals surface area contributed by atoms with E-state index in [0.29, 0.717) is 17.4 Å². The van der Waals surface area contributed by atoms with Gasteiger partial charge in [-0.2, -0.15) is 4.98 Å². The standard InChI is InChI=1S/C19H25N3O4/c23-19(16-7-11-25-13-16)22-8-1-2-14(12-22)3-4-17-20-18(26-21-17)15-5-9-24-10-6-15/h7,11,13-15H,1-6,8-10,12H2. The Morgan fingerprint density at radius 2 is 2.15 bits per heavy atom. The van der Waals surface area contributed by atoms with Crippen LogP contribution in [0.3, 0.4) is 0 Å². The molecule has 140 valence electrons. The predicted molar refractivity (Wildman–Crippen MR) is 92.7 cm³/mol. The van der Waals surface area contributed by atoms with Crippen molar-refractivity contribution < 1.29 is 18.5 Å². The Kier molecular flexibility index (Phi) is 5.34. The van der Waals surface area contributed by atoms with Crippen LogP contribution in [0.15, 0.2) is 27.5 Å². The zero-order valence-electron chi connectivity index (χ0n) is 14.9. The van der Waals surface area contributed by atoms with E-state index in [1.165, 1.54) is 6.26 Å². The molecule has 4 rings (SSSR count). The molecule has 2 aliphatic rings. The molecule has 7 nitrogen and oxygen atoms in total. The number of amides is 1. The first-order valence-electron chi connectivity index (χ1n) is 9.51. The number of rotatable bonds is 5.